The predicted molar refractivity (Wildman–Crippen MR) is 339 cm³/mol. The average molecular weight is 1040 g/mol. The van der Waals surface area contributed by atoms with Gasteiger partial charge in [0.2, 0.25) is 0 Å². The smallest absolute Gasteiger partial charge is 0.165 e. The fraction of sp³-hybridized carbons (Fsp3) is 0. The van der Waals surface area contributed by atoms with Crippen LogP contribution in [0.5, 0.6) is 0 Å². The van der Waals surface area contributed by atoms with E-state index in [-0.39, 0.29) is 0 Å². The van der Waals surface area contributed by atoms with Gasteiger partial charge in [-0.2, -0.15) is 0 Å². The number of para-hydroxylation sites is 2. The van der Waals surface area contributed by atoms with E-state index in [1.807, 2.05) is 12.1 Å². The second-order valence-corrected chi connectivity index (χ2v) is 22.0. The Morgan fingerprint density at radius 2 is 0.646 bits per heavy atom. The van der Waals surface area contributed by atoms with Crippen LogP contribution in [0, 0.1) is 0 Å². The Bertz CT molecular complexity index is 5710. The van der Waals surface area contributed by atoms with E-state index in [9.17, 15) is 0 Å². The highest BCUT2D eigenvalue weighted by molar-refractivity contribution is 6.32. The van der Waals surface area contributed by atoms with Crippen molar-refractivity contribution in [2.45, 2.75) is 0 Å². The number of aromatic nitrogens is 6. The molecular formula is C76H42N6. The fourth-order valence-electron chi connectivity index (χ4n) is 14.2. The summed E-state index contributed by atoms with van der Waals surface area (Å²) < 4.78 is 4.74. The quantitative estimate of drug-likeness (QED) is 0.172. The lowest BCUT2D eigenvalue weighted by molar-refractivity contribution is 1.08. The lowest BCUT2D eigenvalue weighted by Gasteiger charge is -2.17. The van der Waals surface area contributed by atoms with Gasteiger partial charge in [-0.05, 0) is 149 Å². The normalized spacial score (nSPS) is 12.4. The van der Waals surface area contributed by atoms with Gasteiger partial charge in [-0.25, -0.2) is 19.9 Å². The maximum Gasteiger partial charge on any atom is 0.165 e. The molecule has 4 aromatic heterocycles. The second-order valence-electron chi connectivity index (χ2n) is 22.0. The third-order valence-electron chi connectivity index (χ3n) is 17.7. The monoisotopic (exact) mass is 1040 g/mol. The summed E-state index contributed by atoms with van der Waals surface area (Å²) in [5, 5.41) is 12.2. The number of hydrogen-bond acceptors (Lipinski definition) is 4. The van der Waals surface area contributed by atoms with Gasteiger partial charge < -0.3 is 0 Å². The van der Waals surface area contributed by atoms with Crippen molar-refractivity contribution in [1.82, 2.24) is 29.1 Å². The molecule has 0 fully saturated rings. The predicted octanol–water partition coefficient (Wildman–Crippen LogP) is 19.5. The maximum atomic E-state index is 5.66. The first-order chi connectivity index (χ1) is 40.7. The lowest BCUT2D eigenvalue weighted by atomic mass is 9.90. The number of rotatable bonds is 5. The van der Waals surface area contributed by atoms with E-state index in [1.54, 1.807) is 0 Å². The molecule has 6 nitrogen and oxygen atoms in total. The van der Waals surface area contributed by atoms with Crippen molar-refractivity contribution in [2.24, 2.45) is 0 Å². The van der Waals surface area contributed by atoms with Gasteiger partial charge in [0, 0.05) is 32.7 Å². The van der Waals surface area contributed by atoms with Crippen LogP contribution >= 0.6 is 0 Å². The van der Waals surface area contributed by atoms with Crippen LogP contribution in [0.2, 0.25) is 0 Å². The van der Waals surface area contributed by atoms with E-state index in [2.05, 4.69) is 252 Å². The van der Waals surface area contributed by atoms with E-state index in [0.29, 0.717) is 0 Å². The summed E-state index contributed by atoms with van der Waals surface area (Å²) >= 11 is 0. The van der Waals surface area contributed by atoms with Crippen LogP contribution in [0.15, 0.2) is 255 Å². The minimum atomic E-state index is 0.807. The average Bonchev–Trinajstić information content (AvgIpc) is 2.15. The molecule has 17 aromatic rings. The van der Waals surface area contributed by atoms with Crippen molar-refractivity contribution in [3.05, 3.63) is 255 Å². The molecule has 2 aliphatic rings. The van der Waals surface area contributed by atoms with Crippen molar-refractivity contribution >= 4 is 98.0 Å². The molecule has 0 atom stereocenters. The van der Waals surface area contributed by atoms with Gasteiger partial charge in [-0.3, -0.25) is 9.13 Å². The van der Waals surface area contributed by atoms with Crippen molar-refractivity contribution in [2.75, 3.05) is 0 Å². The van der Waals surface area contributed by atoms with E-state index in [0.717, 1.165) is 94.8 Å². The summed E-state index contributed by atoms with van der Waals surface area (Å²) in [5.74, 6) is 1.62. The highest BCUT2D eigenvalue weighted by Crippen LogP contribution is 2.53. The Morgan fingerprint density at radius 3 is 1.32 bits per heavy atom. The van der Waals surface area contributed by atoms with Gasteiger partial charge in [-0.1, -0.05) is 194 Å². The molecule has 0 N–H and O–H groups in total. The molecule has 0 radical (unpaired) electrons. The molecular weight excluding hydrogens is 997 g/mol. The van der Waals surface area contributed by atoms with Crippen LogP contribution in [0.1, 0.15) is 0 Å². The molecule has 0 saturated heterocycles. The molecule has 376 valence electrons. The van der Waals surface area contributed by atoms with Gasteiger partial charge in [0.05, 0.1) is 44.1 Å². The van der Waals surface area contributed by atoms with E-state index in [4.69, 9.17) is 19.9 Å². The zero-order chi connectivity index (χ0) is 53.3. The Hall–Kier alpha value is -11.1. The van der Waals surface area contributed by atoms with Gasteiger partial charge >= 0.3 is 0 Å². The van der Waals surface area contributed by atoms with Gasteiger partial charge in [0.1, 0.15) is 11.4 Å². The zero-order valence-electron chi connectivity index (χ0n) is 43.9. The van der Waals surface area contributed by atoms with Crippen molar-refractivity contribution in [3.8, 4) is 89.8 Å². The van der Waals surface area contributed by atoms with Crippen LogP contribution in [0.3, 0.4) is 0 Å². The van der Waals surface area contributed by atoms with Crippen LogP contribution in [0.4, 0.5) is 0 Å². The lowest BCUT2D eigenvalue weighted by Crippen LogP contribution is -2.04. The van der Waals surface area contributed by atoms with Crippen LogP contribution < -0.4 is 0 Å². The molecule has 0 spiro atoms. The number of fused-ring (bicyclic) bond motifs is 9. The minimum Gasteiger partial charge on any atom is -0.292 e. The summed E-state index contributed by atoms with van der Waals surface area (Å²) in [4.78, 5) is 22.2. The SMILES string of the molecule is c1ccc(-c2nc3cc(-c4ccc5c(c4)-c4cccc6ccc7c(c46)c4c-5cccc4n7-c4nc5ccccc5nc4-c4ccc5ccccc5c4)ccc3nc2-n2c3cccc4c3c3c5c(cccc5ccc32)-c2ccccc2-4)cc1. The Kier molecular flexibility index (Phi) is 8.69. The second kappa shape index (κ2) is 16.3. The summed E-state index contributed by atoms with van der Waals surface area (Å²) in [6, 6.07) is 92.5. The van der Waals surface area contributed by atoms with Crippen molar-refractivity contribution in [1.29, 1.82) is 0 Å². The standard InChI is InChI=1S/C76H42N6/c1-2-15-46(16-3-1)73-75(81-63-28-12-24-55-52-21-7-6-20-51(52)54-22-10-18-44-34-38-65(81)71(67(44)54)69(55)63)80-61-37-33-49(42-62(61)78-73)48-32-36-53-56-25-13-29-64-70(56)72-66(39-35-45-19-11-23-57(68(45)72)58(53)41-48)82(64)76-74(77-59-26-8-9-27-60(59)79-76)50-31-30-43-14-4-5-17-47(43)40-50/h1-42H. The van der Waals surface area contributed by atoms with Crippen molar-refractivity contribution in [3.63, 3.8) is 0 Å². The molecule has 4 heterocycles. The fourth-order valence-corrected chi connectivity index (χ4v) is 14.2. The Morgan fingerprint density at radius 1 is 0.207 bits per heavy atom. The highest BCUT2D eigenvalue weighted by atomic mass is 15.1. The van der Waals surface area contributed by atoms with Crippen molar-refractivity contribution < 1.29 is 0 Å². The molecule has 0 amide bonds. The zero-order valence-corrected chi connectivity index (χ0v) is 43.9. The maximum absolute atomic E-state index is 5.66. The van der Waals surface area contributed by atoms with Crippen LogP contribution in [-0.4, -0.2) is 29.1 Å². The largest absolute Gasteiger partial charge is 0.292 e. The third kappa shape index (κ3) is 5.96. The first kappa shape index (κ1) is 43.9. The third-order valence-corrected chi connectivity index (χ3v) is 17.7. The van der Waals surface area contributed by atoms with Crippen LogP contribution in [0.25, 0.3) is 188 Å². The van der Waals surface area contributed by atoms with E-state index in [1.165, 1.54) is 93.0 Å². The molecule has 0 saturated carbocycles. The molecule has 6 heteroatoms. The molecule has 19 rings (SSSR count). The summed E-state index contributed by atoms with van der Waals surface area (Å²) in [7, 11) is 0. The van der Waals surface area contributed by atoms with Gasteiger partial charge in [-0.15, -0.1) is 0 Å². The molecule has 0 bridgehead atoms. The summed E-state index contributed by atoms with van der Waals surface area (Å²) in [6.07, 6.45) is 0. The van der Waals surface area contributed by atoms with Crippen LogP contribution in [-0.2, 0) is 0 Å². The summed E-state index contributed by atoms with van der Waals surface area (Å²) in [5.41, 5.74) is 23.4. The highest BCUT2D eigenvalue weighted by Gasteiger charge is 2.30. The number of nitrogens with zero attached hydrogens (tertiary/aromatic N) is 6. The summed E-state index contributed by atoms with van der Waals surface area (Å²) in [6.45, 7) is 0. The molecule has 13 aromatic carbocycles. The molecule has 0 unspecified atom stereocenters. The first-order valence-electron chi connectivity index (χ1n) is 28.0. The number of hydrogen-bond donors (Lipinski definition) is 0. The minimum absolute atomic E-state index is 0.807. The van der Waals surface area contributed by atoms with E-state index < -0.39 is 0 Å². The van der Waals surface area contributed by atoms with Gasteiger partial charge in [0.25, 0.3) is 0 Å². The molecule has 2 aliphatic carbocycles. The Balaban J connectivity index is 0.802. The number of benzene rings is 13. The Labute approximate surface area is 469 Å². The first-order valence-corrected chi connectivity index (χ1v) is 28.0. The topological polar surface area (TPSA) is 61.4 Å². The molecule has 82 heavy (non-hydrogen) atoms. The van der Waals surface area contributed by atoms with Gasteiger partial charge in [0.15, 0.2) is 11.6 Å². The van der Waals surface area contributed by atoms with E-state index >= 15 is 0 Å². The molecule has 0 aliphatic heterocycles.